The average Bonchev–Trinajstić information content (AvgIpc) is 3.11. The summed E-state index contributed by atoms with van der Waals surface area (Å²) in [6, 6.07) is 5.94. The highest BCUT2D eigenvalue weighted by molar-refractivity contribution is 5.74. The van der Waals surface area contributed by atoms with E-state index >= 15 is 0 Å². The highest BCUT2D eigenvalue weighted by atomic mass is 16.5. The van der Waals surface area contributed by atoms with Crippen molar-refractivity contribution in [3.63, 3.8) is 0 Å². The molecule has 4 aliphatic rings. The van der Waals surface area contributed by atoms with Gasteiger partial charge in [-0.25, -0.2) is 4.52 Å². The topological polar surface area (TPSA) is 48.3 Å². The van der Waals surface area contributed by atoms with Crippen molar-refractivity contribution in [3.05, 3.63) is 42.4 Å². The van der Waals surface area contributed by atoms with Crippen LogP contribution in [0.1, 0.15) is 25.3 Å². The van der Waals surface area contributed by atoms with E-state index in [0.29, 0.717) is 11.5 Å². The van der Waals surface area contributed by atoms with Crippen molar-refractivity contribution in [2.45, 2.75) is 38.4 Å². The van der Waals surface area contributed by atoms with Crippen LogP contribution in [0.5, 0.6) is 0 Å². The van der Waals surface area contributed by atoms with Gasteiger partial charge in [-0.3, -0.25) is 15.1 Å². The molecule has 2 aromatic rings. The molecule has 3 aliphatic heterocycles. The Morgan fingerprint density at radius 2 is 2.17 bits per heavy atom. The lowest BCUT2D eigenvalue weighted by Gasteiger charge is -2.58. The van der Waals surface area contributed by atoms with Crippen molar-refractivity contribution in [1.82, 2.24) is 24.7 Å². The highest BCUT2D eigenvalue weighted by Gasteiger charge is 2.52. The number of piperazine rings is 1. The van der Waals surface area contributed by atoms with Crippen molar-refractivity contribution < 1.29 is 4.74 Å². The summed E-state index contributed by atoms with van der Waals surface area (Å²) in [5.74, 6) is 0. The molecule has 30 heavy (non-hydrogen) atoms. The number of ether oxygens (including phenoxy) is 1. The Kier molecular flexibility index (Phi) is 4.60. The van der Waals surface area contributed by atoms with Crippen LogP contribution in [0.3, 0.4) is 0 Å². The van der Waals surface area contributed by atoms with Crippen LogP contribution in [0, 0.1) is 5.41 Å². The van der Waals surface area contributed by atoms with E-state index in [0.717, 1.165) is 57.8 Å². The molecule has 1 N–H and O–H groups in total. The molecule has 0 aromatic carbocycles. The van der Waals surface area contributed by atoms with E-state index in [4.69, 9.17) is 4.74 Å². The van der Waals surface area contributed by atoms with Crippen LogP contribution in [0.4, 0.5) is 5.69 Å². The number of fused-ring (bicyclic) bond motifs is 1. The van der Waals surface area contributed by atoms with Gasteiger partial charge in [0.25, 0.3) is 0 Å². The second kappa shape index (κ2) is 7.34. The fourth-order valence-electron chi connectivity index (χ4n) is 5.79. The normalized spacial score (nSPS) is 27.5. The fraction of sp³-hybridized carbons (Fsp3) is 0.609. The van der Waals surface area contributed by atoms with Crippen molar-refractivity contribution in [3.8, 4) is 0 Å². The molecule has 7 nitrogen and oxygen atoms in total. The molecule has 5 heterocycles. The minimum Gasteiger partial charge on any atom is -0.380 e. The number of nitrogens with zero attached hydrogens (tertiary/aromatic N) is 5. The summed E-state index contributed by atoms with van der Waals surface area (Å²) < 4.78 is 7.44. The van der Waals surface area contributed by atoms with E-state index in [1.165, 1.54) is 30.5 Å². The third-order valence-corrected chi connectivity index (χ3v) is 7.50. The molecule has 1 aliphatic carbocycles. The predicted molar refractivity (Wildman–Crippen MR) is 117 cm³/mol. The zero-order chi connectivity index (χ0) is 20.1. The first kappa shape index (κ1) is 18.8. The Balaban J connectivity index is 1.12. The summed E-state index contributed by atoms with van der Waals surface area (Å²) in [5, 5.41) is 7.94. The lowest BCUT2D eigenvalue weighted by molar-refractivity contribution is -0.191. The maximum atomic E-state index is 5.45. The molecule has 1 atom stereocenters. The maximum absolute atomic E-state index is 5.45. The molecule has 1 unspecified atom stereocenters. The molecule has 2 aromatic heterocycles. The van der Waals surface area contributed by atoms with Crippen LogP contribution in [0.25, 0.3) is 5.52 Å². The Morgan fingerprint density at radius 1 is 1.27 bits per heavy atom. The number of hydrogen-bond acceptors (Lipinski definition) is 6. The lowest BCUT2D eigenvalue weighted by atomic mass is 9.63. The lowest BCUT2D eigenvalue weighted by Crippen LogP contribution is -2.64. The van der Waals surface area contributed by atoms with Crippen molar-refractivity contribution >= 4 is 11.2 Å². The second-order valence-corrected chi connectivity index (χ2v) is 9.74. The van der Waals surface area contributed by atoms with E-state index in [9.17, 15) is 0 Å². The number of anilines is 1. The molecule has 0 amide bonds. The van der Waals surface area contributed by atoms with E-state index in [-0.39, 0.29) is 0 Å². The average molecular weight is 409 g/mol. The fourth-order valence-corrected chi connectivity index (χ4v) is 5.79. The Bertz CT molecular complexity index is 942. The maximum Gasteiger partial charge on any atom is 0.0902 e. The number of hydrogen-bond donors (Lipinski definition) is 1. The van der Waals surface area contributed by atoms with Gasteiger partial charge < -0.3 is 9.64 Å². The predicted octanol–water partition coefficient (Wildman–Crippen LogP) is 1.90. The summed E-state index contributed by atoms with van der Waals surface area (Å²) in [7, 11) is 0. The van der Waals surface area contributed by atoms with E-state index < -0.39 is 0 Å². The molecule has 1 saturated carbocycles. The van der Waals surface area contributed by atoms with Gasteiger partial charge in [-0.05, 0) is 37.5 Å². The van der Waals surface area contributed by atoms with Crippen LogP contribution in [0.2, 0.25) is 0 Å². The highest BCUT2D eigenvalue weighted by Crippen LogP contribution is 2.49. The second-order valence-electron chi connectivity index (χ2n) is 9.74. The molecule has 6 rings (SSSR count). The van der Waals surface area contributed by atoms with Crippen molar-refractivity contribution in [1.29, 1.82) is 0 Å². The van der Waals surface area contributed by atoms with Gasteiger partial charge in [-0.1, -0.05) is 6.08 Å². The Labute approximate surface area is 178 Å². The SMILES string of the molecule is CC1CN(Cc2ccn3ncc(N4C=CCNC4)c3c2)CCN1C1CC2(COC2)C1. The zero-order valence-electron chi connectivity index (χ0n) is 17.8. The van der Waals surface area contributed by atoms with Crippen LogP contribution in [0.15, 0.2) is 36.8 Å². The molecule has 3 fully saturated rings. The first-order valence-corrected chi connectivity index (χ1v) is 11.4. The van der Waals surface area contributed by atoms with Crippen LogP contribution >= 0.6 is 0 Å². The summed E-state index contributed by atoms with van der Waals surface area (Å²) >= 11 is 0. The van der Waals surface area contributed by atoms with Crippen LogP contribution in [-0.2, 0) is 11.3 Å². The molecular weight excluding hydrogens is 376 g/mol. The molecule has 0 radical (unpaired) electrons. The smallest absolute Gasteiger partial charge is 0.0902 e. The minimum absolute atomic E-state index is 0.555. The van der Waals surface area contributed by atoms with Gasteiger partial charge in [0.05, 0.1) is 37.3 Å². The summed E-state index contributed by atoms with van der Waals surface area (Å²) in [6.07, 6.45) is 11.1. The van der Waals surface area contributed by atoms with Gasteiger partial charge in [0.1, 0.15) is 0 Å². The number of nitrogens with one attached hydrogen (secondary N) is 1. The van der Waals surface area contributed by atoms with E-state index in [1.807, 2.05) is 10.7 Å². The molecule has 1 spiro atoms. The number of aromatic nitrogens is 2. The number of rotatable bonds is 4. The first-order valence-electron chi connectivity index (χ1n) is 11.4. The summed E-state index contributed by atoms with van der Waals surface area (Å²) in [6.45, 7) is 10.7. The third kappa shape index (κ3) is 3.24. The molecule has 160 valence electrons. The van der Waals surface area contributed by atoms with Gasteiger partial charge in [-0.15, -0.1) is 0 Å². The van der Waals surface area contributed by atoms with Gasteiger partial charge in [0.15, 0.2) is 0 Å². The van der Waals surface area contributed by atoms with Crippen molar-refractivity contribution in [2.24, 2.45) is 5.41 Å². The van der Waals surface area contributed by atoms with Gasteiger partial charge in [0.2, 0.25) is 0 Å². The zero-order valence-corrected chi connectivity index (χ0v) is 17.8. The molecule has 7 heteroatoms. The Hall–Kier alpha value is -1.93. The Morgan fingerprint density at radius 3 is 2.90 bits per heavy atom. The minimum atomic E-state index is 0.555. The summed E-state index contributed by atoms with van der Waals surface area (Å²) in [5.41, 5.74) is 4.26. The van der Waals surface area contributed by atoms with Crippen LogP contribution in [-0.4, -0.2) is 77.6 Å². The monoisotopic (exact) mass is 408 g/mol. The van der Waals surface area contributed by atoms with Gasteiger partial charge in [0, 0.05) is 62.6 Å². The molecular formula is C23H32N6O. The third-order valence-electron chi connectivity index (χ3n) is 7.50. The molecule has 2 saturated heterocycles. The van der Waals surface area contributed by atoms with Crippen molar-refractivity contribution in [2.75, 3.05) is 51.0 Å². The summed E-state index contributed by atoms with van der Waals surface area (Å²) in [4.78, 5) is 7.61. The van der Waals surface area contributed by atoms with Gasteiger partial charge >= 0.3 is 0 Å². The standard InChI is InChI=1S/C23H32N6O/c1-18-13-26(7-8-28(18)20-10-23(11-20)15-30-16-23)14-19-3-6-29-21(9-19)22(12-25-29)27-5-2-4-24-17-27/h2-3,5-6,9,12,18,20,24H,4,7-8,10-11,13-17H2,1H3. The molecule has 0 bridgehead atoms. The van der Waals surface area contributed by atoms with E-state index in [2.05, 4.69) is 62.6 Å². The first-order chi connectivity index (χ1) is 14.7. The largest absolute Gasteiger partial charge is 0.380 e. The van der Waals surface area contributed by atoms with Gasteiger partial charge in [-0.2, -0.15) is 5.10 Å². The van der Waals surface area contributed by atoms with E-state index in [1.54, 1.807) is 0 Å². The van der Waals surface area contributed by atoms with Crippen LogP contribution < -0.4 is 10.2 Å². The quantitative estimate of drug-likeness (QED) is 0.834. The number of pyridine rings is 1.